The first kappa shape index (κ1) is 26.1. The van der Waals surface area contributed by atoms with Gasteiger partial charge in [0.05, 0.1) is 11.1 Å². The summed E-state index contributed by atoms with van der Waals surface area (Å²) in [5, 5.41) is 7.44. The molecule has 0 radical (unpaired) electrons. The number of sulfonamides is 1. The third kappa shape index (κ3) is 5.58. The average Bonchev–Trinajstić information content (AvgIpc) is 3.08. The van der Waals surface area contributed by atoms with Crippen molar-refractivity contribution in [1.29, 1.82) is 0 Å². The number of anilines is 1. The zero-order valence-corrected chi connectivity index (χ0v) is 20.9. The Balaban J connectivity index is 1.35. The fraction of sp³-hybridized carbons (Fsp3) is 0.292. The molecule has 2 aliphatic heterocycles. The number of carbonyl (C=O) groups is 5. The van der Waals surface area contributed by atoms with E-state index in [1.54, 1.807) is 30.3 Å². The van der Waals surface area contributed by atoms with Crippen LogP contribution < -0.4 is 16.0 Å². The molecule has 0 spiro atoms. The first-order chi connectivity index (χ1) is 17.5. The van der Waals surface area contributed by atoms with Crippen LogP contribution in [0.5, 0.6) is 0 Å². The van der Waals surface area contributed by atoms with Crippen molar-refractivity contribution in [2.75, 3.05) is 19.4 Å². The maximum atomic E-state index is 12.9. The molecule has 0 aliphatic carbocycles. The fourth-order valence-electron chi connectivity index (χ4n) is 4.01. The van der Waals surface area contributed by atoms with Crippen LogP contribution in [0.4, 0.5) is 10.5 Å². The first-order valence-corrected chi connectivity index (χ1v) is 13.0. The Labute approximate surface area is 213 Å². The van der Waals surface area contributed by atoms with Crippen LogP contribution in [0.15, 0.2) is 42.5 Å². The molecule has 0 bridgehead atoms. The van der Waals surface area contributed by atoms with Gasteiger partial charge in [-0.25, -0.2) is 4.79 Å². The highest BCUT2D eigenvalue weighted by Gasteiger charge is 2.44. The first-order valence-electron chi connectivity index (χ1n) is 11.3. The lowest BCUT2D eigenvalue weighted by atomic mass is 10.0. The van der Waals surface area contributed by atoms with E-state index >= 15 is 0 Å². The van der Waals surface area contributed by atoms with Crippen LogP contribution in [0.25, 0.3) is 0 Å². The fourth-order valence-corrected chi connectivity index (χ4v) is 4.88. The van der Waals surface area contributed by atoms with Gasteiger partial charge in [-0.3, -0.25) is 29.4 Å². The molecule has 1 saturated heterocycles. The zero-order valence-electron chi connectivity index (χ0n) is 20.1. The molecule has 2 atom stereocenters. The predicted molar refractivity (Wildman–Crippen MR) is 132 cm³/mol. The van der Waals surface area contributed by atoms with Crippen molar-refractivity contribution in [1.82, 2.24) is 19.8 Å². The molecule has 1 fully saturated rings. The van der Waals surface area contributed by atoms with Gasteiger partial charge in [-0.15, -0.1) is 4.31 Å². The van der Waals surface area contributed by atoms with Crippen molar-refractivity contribution in [2.24, 2.45) is 0 Å². The zero-order chi connectivity index (χ0) is 26.9. The number of hydrogen-bond donors (Lipinski definition) is 3. The molecule has 2 aromatic rings. The van der Waals surface area contributed by atoms with Gasteiger partial charge in [0.1, 0.15) is 16.4 Å². The van der Waals surface area contributed by atoms with E-state index in [9.17, 15) is 32.7 Å². The summed E-state index contributed by atoms with van der Waals surface area (Å²) in [6.45, 7) is 0.0537. The Morgan fingerprint density at radius 2 is 1.70 bits per heavy atom. The number of fused-ring (bicyclic) bond motifs is 1. The lowest BCUT2D eigenvalue weighted by Gasteiger charge is -2.27. The number of imide groups is 2. The van der Waals surface area contributed by atoms with Crippen LogP contribution in [0, 0.1) is 0 Å². The molecule has 2 aliphatic rings. The van der Waals surface area contributed by atoms with Crippen molar-refractivity contribution >= 4 is 45.7 Å². The Bertz CT molecular complexity index is 1340. The monoisotopic (exact) mass is 527 g/mol. The predicted octanol–water partition coefficient (Wildman–Crippen LogP) is 1.02. The second-order valence-electron chi connectivity index (χ2n) is 8.87. The summed E-state index contributed by atoms with van der Waals surface area (Å²) in [5.74, 6) is -2.52. The number of urea groups is 1. The summed E-state index contributed by atoms with van der Waals surface area (Å²) in [6, 6.07) is 9.36. The summed E-state index contributed by atoms with van der Waals surface area (Å²) in [5.41, 5.74) is 1.86. The summed E-state index contributed by atoms with van der Waals surface area (Å²) >= 11 is 0. The highest BCUT2D eigenvalue weighted by molar-refractivity contribution is 7.94. The molecule has 2 aromatic carbocycles. The van der Waals surface area contributed by atoms with E-state index in [-0.39, 0.29) is 36.3 Å². The van der Waals surface area contributed by atoms with Gasteiger partial charge in [0.25, 0.3) is 11.8 Å². The van der Waals surface area contributed by atoms with Crippen LogP contribution >= 0.6 is 0 Å². The molecule has 2 heterocycles. The highest BCUT2D eigenvalue weighted by Crippen LogP contribution is 2.28. The molecule has 13 heteroatoms. The number of piperidine rings is 1. The van der Waals surface area contributed by atoms with Crippen molar-refractivity contribution in [3.8, 4) is 0 Å². The Morgan fingerprint density at radius 3 is 2.35 bits per heavy atom. The number of nitrogens with zero attached hydrogens (tertiary/aromatic N) is 2. The maximum Gasteiger partial charge on any atom is 0.319 e. The quantitative estimate of drug-likeness (QED) is 0.357. The van der Waals surface area contributed by atoms with Crippen LogP contribution in [0.3, 0.4) is 0 Å². The van der Waals surface area contributed by atoms with Gasteiger partial charge in [-0.1, -0.05) is 22.4 Å². The standard InChI is InChI=1S/C24H25N5O7S/c1-28(2)37(35,36)13-14-3-6-16(7-4-14)26-24(34)25-12-15-5-8-17-18(11-15)23(33)29(22(17)32)19-9-10-20(30)27-21(19)31/h3-8,11,19H,9-10,12-13H2,1-2H3,(H3-,25,26,27,30,31,34,35,36). The van der Waals surface area contributed by atoms with E-state index in [1.165, 1.54) is 26.2 Å². The minimum atomic E-state index is -3.40. The Hall–Kier alpha value is -3.94. The van der Waals surface area contributed by atoms with E-state index in [4.69, 9.17) is 0 Å². The molecular formula is C24H25N5O7S. The number of nitrogens with one attached hydrogen (secondary N) is 3. The van der Waals surface area contributed by atoms with E-state index < -0.39 is 46.1 Å². The number of benzene rings is 2. The molecule has 0 saturated carbocycles. The summed E-state index contributed by atoms with van der Waals surface area (Å²) in [4.78, 5) is 62.5. The van der Waals surface area contributed by atoms with Crippen molar-refractivity contribution in [3.05, 3.63) is 64.7 Å². The van der Waals surface area contributed by atoms with E-state index in [0.717, 1.165) is 9.21 Å². The van der Waals surface area contributed by atoms with Gasteiger partial charge in [-0.2, -0.15) is 0 Å². The second kappa shape index (κ2) is 10.2. The van der Waals surface area contributed by atoms with Crippen LogP contribution in [0.1, 0.15) is 44.7 Å². The van der Waals surface area contributed by atoms with Crippen molar-refractivity contribution < 1.29 is 32.7 Å². The topological polar surface area (TPSA) is 168 Å². The molecule has 0 aromatic heterocycles. The van der Waals surface area contributed by atoms with Gasteiger partial charge in [-0.05, 0) is 36.2 Å². The molecular weight excluding hydrogens is 502 g/mol. The van der Waals surface area contributed by atoms with Gasteiger partial charge in [0.15, 0.2) is 5.75 Å². The molecule has 6 amide bonds. The SMILES string of the molecule is CN(C)[S+](=O)([O-])Cc1ccc(NC(=O)NCc2ccc3c(c2)C(=O)N(C2CCC(=O)NC2=O)C3=O)cc1. The third-order valence-corrected chi connectivity index (χ3v) is 7.89. The molecule has 2 unspecified atom stereocenters. The second-order valence-corrected chi connectivity index (χ2v) is 11.1. The van der Waals surface area contributed by atoms with Gasteiger partial charge in [0, 0.05) is 38.3 Å². The van der Waals surface area contributed by atoms with Gasteiger partial charge >= 0.3 is 6.03 Å². The number of hydrogen-bond acceptors (Lipinski definition) is 7. The van der Waals surface area contributed by atoms with Gasteiger partial charge in [0.2, 0.25) is 11.8 Å². The molecule has 3 N–H and O–H groups in total. The van der Waals surface area contributed by atoms with Gasteiger partial charge < -0.3 is 15.2 Å². The van der Waals surface area contributed by atoms with Crippen molar-refractivity contribution in [2.45, 2.75) is 31.2 Å². The largest absolute Gasteiger partial charge is 0.597 e. The molecule has 12 nitrogen and oxygen atoms in total. The smallest absolute Gasteiger partial charge is 0.319 e. The number of carbonyl (C=O) groups excluding carboxylic acids is 5. The van der Waals surface area contributed by atoms with E-state index in [0.29, 0.717) is 16.8 Å². The third-order valence-electron chi connectivity index (χ3n) is 6.07. The lowest BCUT2D eigenvalue weighted by Crippen LogP contribution is -2.54. The summed E-state index contributed by atoms with van der Waals surface area (Å²) in [7, 11) is -0.487. The van der Waals surface area contributed by atoms with E-state index in [1.807, 2.05) is 0 Å². The Morgan fingerprint density at radius 1 is 1.05 bits per heavy atom. The summed E-state index contributed by atoms with van der Waals surface area (Å²) in [6.07, 6.45) is 0.100. The lowest BCUT2D eigenvalue weighted by molar-refractivity contribution is -0.136. The van der Waals surface area contributed by atoms with Crippen LogP contribution in [-0.2, 0) is 36.5 Å². The molecule has 194 valence electrons. The molecule has 4 rings (SSSR count). The normalized spacial score (nSPS) is 18.9. The average molecular weight is 528 g/mol. The van der Waals surface area contributed by atoms with E-state index in [2.05, 4.69) is 16.0 Å². The van der Waals surface area contributed by atoms with Crippen molar-refractivity contribution in [3.63, 3.8) is 0 Å². The Kier molecular flexibility index (Phi) is 7.21. The molecule has 37 heavy (non-hydrogen) atoms. The number of amides is 6. The highest BCUT2D eigenvalue weighted by atomic mass is 32.3. The summed E-state index contributed by atoms with van der Waals surface area (Å²) < 4.78 is 25.1. The minimum Gasteiger partial charge on any atom is -0.597 e. The number of rotatable bonds is 7. The minimum absolute atomic E-state index is 0.0337. The maximum absolute atomic E-state index is 12.9. The van der Waals surface area contributed by atoms with Crippen LogP contribution in [-0.4, -0.2) is 63.6 Å². The van der Waals surface area contributed by atoms with Crippen LogP contribution in [0.2, 0.25) is 0 Å².